The van der Waals surface area contributed by atoms with Crippen LogP contribution in [0.25, 0.3) is 10.8 Å². The summed E-state index contributed by atoms with van der Waals surface area (Å²) in [5.41, 5.74) is 0.941. The van der Waals surface area contributed by atoms with Gasteiger partial charge in [-0.25, -0.2) is 4.79 Å². The number of nitrogens with zero attached hydrogens (tertiary/aromatic N) is 2. The van der Waals surface area contributed by atoms with Gasteiger partial charge in [-0.05, 0) is 29.7 Å². The lowest BCUT2D eigenvalue weighted by molar-refractivity contribution is -0.386. The summed E-state index contributed by atoms with van der Waals surface area (Å²) in [6.07, 6.45) is 0.575. The first kappa shape index (κ1) is 18.3. The number of nitro benzene ring substituents is 1. The average Bonchev–Trinajstić information content (AvgIpc) is 2.77. The van der Waals surface area contributed by atoms with Crippen LogP contribution in [-0.4, -0.2) is 15.9 Å². The molecule has 0 aliphatic carbocycles. The number of esters is 1. The summed E-state index contributed by atoms with van der Waals surface area (Å²) in [6.45, 7) is 0. The minimum absolute atomic E-state index is 0.131. The number of carbonyl (C=O) groups excluding carboxylic acids is 1. The summed E-state index contributed by atoms with van der Waals surface area (Å²) in [5.74, 6) is -0.580. The molecule has 0 saturated carbocycles. The molecule has 0 fully saturated rings. The van der Waals surface area contributed by atoms with E-state index in [1.54, 1.807) is 54.7 Å². The molecule has 0 aliphatic heterocycles. The van der Waals surface area contributed by atoms with Crippen molar-refractivity contribution in [1.82, 2.24) is 4.98 Å². The Morgan fingerprint density at radius 3 is 2.38 bits per heavy atom. The number of aromatic nitrogens is 1. The maximum absolute atomic E-state index is 12.8. The number of pyridine rings is 1. The molecule has 6 nitrogen and oxygen atoms in total. The number of benzene rings is 3. The number of ether oxygens (including phenoxy) is 1. The van der Waals surface area contributed by atoms with Crippen molar-refractivity contribution in [3.05, 3.63) is 118 Å². The third kappa shape index (κ3) is 3.68. The van der Waals surface area contributed by atoms with Crippen molar-refractivity contribution in [2.45, 2.75) is 6.10 Å². The summed E-state index contributed by atoms with van der Waals surface area (Å²) in [7, 11) is 0. The molecule has 4 rings (SSSR count). The van der Waals surface area contributed by atoms with Crippen molar-refractivity contribution in [2.24, 2.45) is 0 Å². The van der Waals surface area contributed by atoms with Crippen molar-refractivity contribution in [3.8, 4) is 0 Å². The van der Waals surface area contributed by atoms with Crippen LogP contribution >= 0.6 is 0 Å². The van der Waals surface area contributed by atoms with Gasteiger partial charge in [-0.2, -0.15) is 0 Å². The molecule has 0 saturated heterocycles. The molecule has 0 bridgehead atoms. The molecule has 6 heteroatoms. The van der Waals surface area contributed by atoms with Crippen LogP contribution in [0, 0.1) is 10.1 Å². The van der Waals surface area contributed by atoms with Gasteiger partial charge in [-0.1, -0.05) is 54.6 Å². The molecule has 1 atom stereocenters. The molecule has 0 aliphatic rings. The number of carbonyl (C=O) groups is 1. The van der Waals surface area contributed by atoms with Gasteiger partial charge in [0.15, 0.2) is 6.10 Å². The summed E-state index contributed by atoms with van der Waals surface area (Å²) in [5, 5.41) is 13.3. The zero-order valence-corrected chi connectivity index (χ0v) is 15.3. The van der Waals surface area contributed by atoms with E-state index in [-0.39, 0.29) is 11.3 Å². The van der Waals surface area contributed by atoms with Gasteiger partial charge in [-0.3, -0.25) is 15.1 Å². The van der Waals surface area contributed by atoms with Gasteiger partial charge in [0, 0.05) is 17.6 Å². The van der Waals surface area contributed by atoms with E-state index in [9.17, 15) is 14.9 Å². The third-order valence-corrected chi connectivity index (χ3v) is 4.60. The summed E-state index contributed by atoms with van der Waals surface area (Å²) in [6, 6.07) is 24.1. The van der Waals surface area contributed by atoms with Crippen molar-refractivity contribution in [1.29, 1.82) is 0 Å². The number of nitro groups is 1. The normalized spacial score (nSPS) is 11.7. The smallest absolute Gasteiger partial charge is 0.339 e. The summed E-state index contributed by atoms with van der Waals surface area (Å²) < 4.78 is 5.80. The summed E-state index contributed by atoms with van der Waals surface area (Å²) >= 11 is 0. The van der Waals surface area contributed by atoms with Crippen LogP contribution in [0.15, 0.2) is 91.1 Å². The lowest BCUT2D eigenvalue weighted by atomic mass is 9.99. The van der Waals surface area contributed by atoms with Gasteiger partial charge in [0.1, 0.15) is 0 Å². The van der Waals surface area contributed by atoms with E-state index in [0.29, 0.717) is 11.3 Å². The van der Waals surface area contributed by atoms with Crippen LogP contribution in [0.5, 0.6) is 0 Å². The second-order valence-electron chi connectivity index (χ2n) is 6.38. The van der Waals surface area contributed by atoms with Gasteiger partial charge >= 0.3 is 5.97 Å². The third-order valence-electron chi connectivity index (χ3n) is 4.60. The van der Waals surface area contributed by atoms with Crippen molar-refractivity contribution in [3.63, 3.8) is 0 Å². The van der Waals surface area contributed by atoms with Crippen LogP contribution in [0.1, 0.15) is 27.7 Å². The SMILES string of the molecule is O=C(OC(c1ccccc1[N+](=O)[O-])c1nccc2ccccc12)c1ccccc1. The van der Waals surface area contributed by atoms with E-state index in [0.717, 1.165) is 10.8 Å². The number of para-hydroxylation sites is 1. The molecular weight excluding hydrogens is 368 g/mol. The molecular formula is C23H16N2O4. The molecule has 0 spiro atoms. The van der Waals surface area contributed by atoms with E-state index in [1.807, 2.05) is 30.3 Å². The van der Waals surface area contributed by atoms with Crippen molar-refractivity contribution in [2.75, 3.05) is 0 Å². The van der Waals surface area contributed by atoms with E-state index in [2.05, 4.69) is 4.98 Å². The molecule has 29 heavy (non-hydrogen) atoms. The second-order valence-corrected chi connectivity index (χ2v) is 6.38. The Bertz CT molecular complexity index is 1190. The zero-order valence-electron chi connectivity index (χ0n) is 15.3. The standard InChI is InChI=1S/C23H16N2O4/c26-23(17-9-2-1-3-10-17)29-22(19-12-6-7-13-20(19)25(27)28)21-18-11-5-4-8-16(18)14-15-24-21/h1-15,22H. The first-order chi connectivity index (χ1) is 14.1. The molecule has 0 radical (unpaired) electrons. The molecule has 142 valence electrons. The lowest BCUT2D eigenvalue weighted by Crippen LogP contribution is -2.16. The van der Waals surface area contributed by atoms with E-state index < -0.39 is 17.0 Å². The largest absolute Gasteiger partial charge is 0.447 e. The minimum atomic E-state index is -1.03. The van der Waals surface area contributed by atoms with Crippen molar-refractivity contribution >= 4 is 22.4 Å². The van der Waals surface area contributed by atoms with Crippen LogP contribution in [0.3, 0.4) is 0 Å². The molecule has 3 aromatic carbocycles. The fourth-order valence-electron chi connectivity index (χ4n) is 3.24. The number of hydrogen-bond donors (Lipinski definition) is 0. The Morgan fingerprint density at radius 1 is 0.897 bits per heavy atom. The van der Waals surface area contributed by atoms with Crippen LogP contribution in [0.2, 0.25) is 0 Å². The Hall–Kier alpha value is -4.06. The Kier molecular flexibility index (Phi) is 4.99. The van der Waals surface area contributed by atoms with Gasteiger partial charge in [0.2, 0.25) is 0 Å². The second kappa shape index (κ2) is 7.90. The van der Waals surface area contributed by atoms with Crippen LogP contribution < -0.4 is 0 Å². The number of fused-ring (bicyclic) bond motifs is 1. The van der Waals surface area contributed by atoms with Gasteiger partial charge in [0.05, 0.1) is 21.7 Å². The molecule has 1 unspecified atom stereocenters. The first-order valence-corrected chi connectivity index (χ1v) is 8.98. The molecule has 4 aromatic rings. The highest BCUT2D eigenvalue weighted by Gasteiger charge is 2.29. The number of hydrogen-bond acceptors (Lipinski definition) is 5. The topological polar surface area (TPSA) is 82.3 Å². The highest BCUT2D eigenvalue weighted by Crippen LogP contribution is 2.35. The zero-order chi connectivity index (χ0) is 20.2. The van der Waals surface area contributed by atoms with Crippen molar-refractivity contribution < 1.29 is 14.5 Å². The number of rotatable bonds is 5. The molecule has 0 N–H and O–H groups in total. The average molecular weight is 384 g/mol. The maximum Gasteiger partial charge on any atom is 0.339 e. The molecule has 1 heterocycles. The maximum atomic E-state index is 12.8. The lowest BCUT2D eigenvalue weighted by Gasteiger charge is -2.19. The monoisotopic (exact) mass is 384 g/mol. The van der Waals surface area contributed by atoms with Gasteiger partial charge < -0.3 is 4.74 Å². The van der Waals surface area contributed by atoms with E-state index in [4.69, 9.17) is 4.74 Å². The predicted octanol–water partition coefficient (Wildman–Crippen LogP) is 5.09. The predicted molar refractivity (Wildman–Crippen MR) is 109 cm³/mol. The molecule has 0 amide bonds. The quantitative estimate of drug-likeness (QED) is 0.272. The van der Waals surface area contributed by atoms with E-state index >= 15 is 0 Å². The van der Waals surface area contributed by atoms with Gasteiger partial charge in [0.25, 0.3) is 5.69 Å². The fraction of sp³-hybridized carbons (Fsp3) is 0.0435. The Balaban J connectivity index is 1.88. The van der Waals surface area contributed by atoms with Crippen LogP contribution in [-0.2, 0) is 4.74 Å². The fourth-order valence-corrected chi connectivity index (χ4v) is 3.24. The minimum Gasteiger partial charge on any atom is -0.447 e. The van der Waals surface area contributed by atoms with E-state index in [1.165, 1.54) is 6.07 Å². The highest BCUT2D eigenvalue weighted by molar-refractivity contribution is 5.90. The first-order valence-electron chi connectivity index (χ1n) is 8.98. The summed E-state index contributed by atoms with van der Waals surface area (Å²) in [4.78, 5) is 28.4. The molecule has 1 aromatic heterocycles. The Morgan fingerprint density at radius 2 is 1.59 bits per heavy atom. The van der Waals surface area contributed by atoms with Gasteiger partial charge in [-0.15, -0.1) is 0 Å². The highest BCUT2D eigenvalue weighted by atomic mass is 16.6. The van der Waals surface area contributed by atoms with Crippen LogP contribution in [0.4, 0.5) is 5.69 Å². The Labute approximate surface area is 166 Å².